The lowest BCUT2D eigenvalue weighted by Gasteiger charge is -2.15. The van der Waals surface area contributed by atoms with E-state index in [4.69, 9.17) is 15.6 Å². The molecule has 4 aromatic rings. The summed E-state index contributed by atoms with van der Waals surface area (Å²) in [6.45, 7) is 4.52. The molecule has 0 saturated carbocycles. The van der Waals surface area contributed by atoms with E-state index in [-0.39, 0.29) is 6.04 Å². The molecule has 0 amide bonds. The van der Waals surface area contributed by atoms with Crippen LogP contribution in [0.5, 0.6) is 5.75 Å². The molecule has 0 spiro atoms. The Balaban J connectivity index is 1.63. The number of ether oxygens (including phenoxy) is 1. The Hall–Kier alpha value is -3.45. The second kappa shape index (κ2) is 8.73. The maximum Gasteiger partial charge on any atom is 0.179 e. The first kappa shape index (κ1) is 20.8. The second-order valence-electron chi connectivity index (χ2n) is 7.85. The fraction of sp³-hybridized carbons (Fsp3) is 0.292. The third kappa shape index (κ3) is 4.09. The van der Waals surface area contributed by atoms with Gasteiger partial charge in [0.2, 0.25) is 0 Å². The highest BCUT2D eigenvalue weighted by Gasteiger charge is 2.19. The van der Waals surface area contributed by atoms with Crippen molar-refractivity contribution in [3.63, 3.8) is 0 Å². The molecule has 0 aliphatic rings. The zero-order chi connectivity index (χ0) is 22.0. The van der Waals surface area contributed by atoms with Gasteiger partial charge in [-0.1, -0.05) is 42.5 Å². The quantitative estimate of drug-likeness (QED) is 0.491. The van der Waals surface area contributed by atoms with E-state index in [1.807, 2.05) is 92.1 Å². The van der Waals surface area contributed by atoms with Crippen LogP contribution in [-0.4, -0.2) is 40.7 Å². The van der Waals surface area contributed by atoms with Gasteiger partial charge in [-0.3, -0.25) is 0 Å². The predicted octanol–water partition coefficient (Wildman–Crippen LogP) is 3.97. The minimum atomic E-state index is -0.0650. The maximum atomic E-state index is 6.33. The van der Waals surface area contributed by atoms with E-state index in [0.29, 0.717) is 6.61 Å². The zero-order valence-corrected chi connectivity index (χ0v) is 18.4. The highest BCUT2D eigenvalue weighted by atomic mass is 16.5. The number of rotatable bonds is 7. The molecule has 2 aromatic carbocycles. The first-order valence-corrected chi connectivity index (χ1v) is 10.4. The van der Waals surface area contributed by atoms with E-state index in [9.17, 15) is 0 Å². The summed E-state index contributed by atoms with van der Waals surface area (Å²) in [6.07, 6.45) is 0.718. The van der Waals surface area contributed by atoms with Gasteiger partial charge in [0, 0.05) is 26.6 Å². The van der Waals surface area contributed by atoms with E-state index in [0.717, 1.165) is 51.5 Å². The zero-order valence-electron chi connectivity index (χ0n) is 18.4. The van der Waals surface area contributed by atoms with Crippen molar-refractivity contribution in [1.82, 2.24) is 20.0 Å². The molecule has 0 radical (unpaired) electrons. The molecule has 0 saturated heterocycles. The largest absolute Gasteiger partial charge is 0.491 e. The van der Waals surface area contributed by atoms with Gasteiger partial charge in [-0.05, 0) is 31.5 Å². The molecule has 1 unspecified atom stereocenters. The van der Waals surface area contributed by atoms with E-state index >= 15 is 0 Å². The summed E-state index contributed by atoms with van der Waals surface area (Å²) in [5.41, 5.74) is 11.0. The minimum absolute atomic E-state index is 0.0650. The molecule has 0 bridgehead atoms. The number of para-hydroxylation sites is 2. The standard InChI is InChI=1S/C24H28N6O/c1-16-22-17(2)30(28-23(22)24(27-26-16)29(3)4)20-12-8-9-13-21(20)31-15-14-19(25)18-10-6-5-7-11-18/h5-13,19H,14-15,25H2,1-4H3. The van der Waals surface area contributed by atoms with Crippen molar-refractivity contribution in [3.05, 3.63) is 71.5 Å². The molecule has 2 heterocycles. The minimum Gasteiger partial charge on any atom is -0.491 e. The summed E-state index contributed by atoms with van der Waals surface area (Å²) in [5.74, 6) is 1.51. The number of hydrogen-bond acceptors (Lipinski definition) is 6. The Bertz CT molecular complexity index is 1190. The highest BCUT2D eigenvalue weighted by molar-refractivity contribution is 5.92. The summed E-state index contributed by atoms with van der Waals surface area (Å²) in [5, 5.41) is 14.6. The van der Waals surface area contributed by atoms with Crippen LogP contribution in [0.25, 0.3) is 16.6 Å². The Morgan fingerprint density at radius 1 is 1.00 bits per heavy atom. The smallest absolute Gasteiger partial charge is 0.179 e. The van der Waals surface area contributed by atoms with Gasteiger partial charge in [0.1, 0.15) is 17.0 Å². The van der Waals surface area contributed by atoms with Crippen LogP contribution in [0.15, 0.2) is 54.6 Å². The number of hydrogen-bond donors (Lipinski definition) is 1. The molecule has 160 valence electrons. The number of nitrogens with zero attached hydrogens (tertiary/aromatic N) is 5. The lowest BCUT2D eigenvalue weighted by Crippen LogP contribution is -2.14. The molecule has 0 aliphatic heterocycles. The molecule has 7 heteroatoms. The van der Waals surface area contributed by atoms with Crippen molar-refractivity contribution in [3.8, 4) is 11.4 Å². The summed E-state index contributed by atoms with van der Waals surface area (Å²) < 4.78 is 8.08. The lowest BCUT2D eigenvalue weighted by molar-refractivity contribution is 0.297. The maximum absolute atomic E-state index is 6.33. The average Bonchev–Trinajstić information content (AvgIpc) is 3.12. The van der Waals surface area contributed by atoms with Crippen LogP contribution in [0, 0.1) is 13.8 Å². The van der Waals surface area contributed by atoms with E-state index in [1.165, 1.54) is 0 Å². The monoisotopic (exact) mass is 416 g/mol. The number of aromatic nitrogens is 4. The van der Waals surface area contributed by atoms with Crippen LogP contribution >= 0.6 is 0 Å². The SMILES string of the molecule is Cc1nnc(N(C)C)c2nn(-c3ccccc3OCCC(N)c3ccccc3)c(C)c12. The van der Waals surface area contributed by atoms with Crippen molar-refractivity contribution in [2.75, 3.05) is 25.6 Å². The molecular weight excluding hydrogens is 388 g/mol. The molecule has 4 rings (SSSR count). The summed E-state index contributed by atoms with van der Waals surface area (Å²) in [7, 11) is 3.89. The second-order valence-corrected chi connectivity index (χ2v) is 7.85. The van der Waals surface area contributed by atoms with Gasteiger partial charge in [0.25, 0.3) is 0 Å². The predicted molar refractivity (Wildman–Crippen MR) is 124 cm³/mol. The molecule has 7 nitrogen and oxygen atoms in total. The third-order valence-electron chi connectivity index (χ3n) is 5.42. The normalized spacial score (nSPS) is 12.2. The van der Waals surface area contributed by atoms with Crippen LogP contribution in [0.4, 0.5) is 5.82 Å². The Kier molecular flexibility index (Phi) is 5.86. The van der Waals surface area contributed by atoms with Crippen LogP contribution in [0.1, 0.15) is 29.4 Å². The van der Waals surface area contributed by atoms with Gasteiger partial charge in [0.05, 0.1) is 23.4 Å². The van der Waals surface area contributed by atoms with Crippen molar-refractivity contribution in [2.45, 2.75) is 26.3 Å². The number of anilines is 1. The topological polar surface area (TPSA) is 82.1 Å². The fourth-order valence-corrected chi connectivity index (χ4v) is 3.76. The van der Waals surface area contributed by atoms with E-state index < -0.39 is 0 Å². The van der Waals surface area contributed by atoms with Crippen molar-refractivity contribution in [2.24, 2.45) is 5.73 Å². The van der Waals surface area contributed by atoms with Crippen LogP contribution in [0.2, 0.25) is 0 Å². The van der Waals surface area contributed by atoms with Crippen LogP contribution in [-0.2, 0) is 0 Å². The van der Waals surface area contributed by atoms with Crippen LogP contribution < -0.4 is 15.4 Å². The Labute approximate surface area is 182 Å². The van der Waals surface area contributed by atoms with E-state index in [1.54, 1.807) is 0 Å². The molecule has 0 aliphatic carbocycles. The van der Waals surface area contributed by atoms with Crippen molar-refractivity contribution >= 4 is 16.7 Å². The number of benzene rings is 2. The molecule has 31 heavy (non-hydrogen) atoms. The highest BCUT2D eigenvalue weighted by Crippen LogP contribution is 2.31. The number of fused-ring (bicyclic) bond motifs is 1. The summed E-state index contributed by atoms with van der Waals surface area (Å²) >= 11 is 0. The number of nitrogens with two attached hydrogens (primary N) is 1. The lowest BCUT2D eigenvalue weighted by atomic mass is 10.1. The Morgan fingerprint density at radius 2 is 1.71 bits per heavy atom. The van der Waals surface area contributed by atoms with Crippen molar-refractivity contribution in [1.29, 1.82) is 0 Å². The van der Waals surface area contributed by atoms with Gasteiger partial charge in [-0.15, -0.1) is 5.10 Å². The van der Waals surface area contributed by atoms with Crippen molar-refractivity contribution < 1.29 is 4.74 Å². The Morgan fingerprint density at radius 3 is 2.45 bits per heavy atom. The fourth-order valence-electron chi connectivity index (χ4n) is 3.76. The third-order valence-corrected chi connectivity index (χ3v) is 5.42. The molecule has 2 aromatic heterocycles. The van der Waals surface area contributed by atoms with Gasteiger partial charge in [0.15, 0.2) is 5.82 Å². The van der Waals surface area contributed by atoms with E-state index in [2.05, 4.69) is 10.2 Å². The molecule has 1 atom stereocenters. The molecule has 2 N–H and O–H groups in total. The average molecular weight is 417 g/mol. The van der Waals surface area contributed by atoms with Gasteiger partial charge in [-0.25, -0.2) is 4.68 Å². The first-order chi connectivity index (χ1) is 15.0. The summed E-state index contributed by atoms with van der Waals surface area (Å²) in [4.78, 5) is 1.93. The number of aryl methyl sites for hydroxylation is 2. The molecular formula is C24H28N6O. The van der Waals surface area contributed by atoms with Gasteiger partial charge >= 0.3 is 0 Å². The van der Waals surface area contributed by atoms with Gasteiger partial charge in [-0.2, -0.15) is 10.2 Å². The first-order valence-electron chi connectivity index (χ1n) is 10.4. The summed E-state index contributed by atoms with van der Waals surface area (Å²) in [6, 6.07) is 18.0. The van der Waals surface area contributed by atoms with Gasteiger partial charge < -0.3 is 15.4 Å². The molecule has 0 fully saturated rings. The van der Waals surface area contributed by atoms with Crippen LogP contribution in [0.3, 0.4) is 0 Å².